The molecule has 1 aromatic carbocycles. The molecule has 23 heavy (non-hydrogen) atoms. The molecule has 2 amide bonds. The van der Waals surface area contributed by atoms with E-state index in [9.17, 15) is 9.59 Å². The van der Waals surface area contributed by atoms with Gasteiger partial charge in [-0.15, -0.1) is 0 Å². The van der Waals surface area contributed by atoms with Crippen LogP contribution < -0.4 is 5.32 Å². The van der Waals surface area contributed by atoms with E-state index in [1.54, 1.807) is 4.90 Å². The lowest BCUT2D eigenvalue weighted by Gasteiger charge is -2.21. The molecule has 0 radical (unpaired) electrons. The van der Waals surface area contributed by atoms with E-state index in [2.05, 4.69) is 51.2 Å². The van der Waals surface area contributed by atoms with Crippen molar-refractivity contribution in [3.63, 3.8) is 0 Å². The van der Waals surface area contributed by atoms with Gasteiger partial charge in [-0.1, -0.05) is 57.7 Å². The highest BCUT2D eigenvalue weighted by Gasteiger charge is 2.22. The first-order valence-electron chi connectivity index (χ1n) is 8.24. The average molecular weight is 334 g/mol. The fourth-order valence-electron chi connectivity index (χ4n) is 2.76. The number of carbonyl (C=O) groups is 2. The summed E-state index contributed by atoms with van der Waals surface area (Å²) in [4.78, 5) is 25.7. The molecular weight excluding hydrogens is 308 g/mol. The van der Waals surface area contributed by atoms with E-state index in [4.69, 9.17) is 0 Å². The standard InChI is InChI=1S/C18H26N2O2S/c1-12(2)14-6-5-7-15(13(3)4)17(14)19-16(21)8-9-20-10-11-23-18(20)22/h5-7,12-13H,8-11H2,1-4H3,(H,19,21). The molecule has 1 aromatic rings. The summed E-state index contributed by atoms with van der Waals surface area (Å²) in [5.74, 6) is 1.50. The maximum atomic E-state index is 12.4. The number of benzene rings is 1. The number of hydrogen-bond acceptors (Lipinski definition) is 3. The lowest BCUT2D eigenvalue weighted by molar-refractivity contribution is -0.116. The van der Waals surface area contributed by atoms with Crippen LogP contribution in [0.4, 0.5) is 10.5 Å². The van der Waals surface area contributed by atoms with Crippen LogP contribution in [-0.4, -0.2) is 34.9 Å². The maximum Gasteiger partial charge on any atom is 0.281 e. The Bertz CT molecular complexity index is 558. The summed E-state index contributed by atoms with van der Waals surface area (Å²) in [6, 6.07) is 6.21. The molecule has 0 atom stereocenters. The molecule has 126 valence electrons. The Labute approximate surface area is 143 Å². The van der Waals surface area contributed by atoms with Crippen LogP contribution in [0.5, 0.6) is 0 Å². The van der Waals surface area contributed by atoms with E-state index in [1.807, 2.05) is 0 Å². The second-order valence-electron chi connectivity index (χ2n) is 6.52. The second-order valence-corrected chi connectivity index (χ2v) is 7.57. The van der Waals surface area contributed by atoms with E-state index in [0.29, 0.717) is 24.8 Å². The molecule has 1 saturated heterocycles. The van der Waals surface area contributed by atoms with Crippen LogP contribution in [0.2, 0.25) is 0 Å². The van der Waals surface area contributed by atoms with Gasteiger partial charge in [-0.25, -0.2) is 0 Å². The van der Waals surface area contributed by atoms with Crippen LogP contribution in [-0.2, 0) is 4.79 Å². The van der Waals surface area contributed by atoms with Gasteiger partial charge in [0, 0.05) is 31.0 Å². The highest BCUT2D eigenvalue weighted by molar-refractivity contribution is 8.13. The predicted molar refractivity (Wildman–Crippen MR) is 97.3 cm³/mol. The molecule has 0 aromatic heterocycles. The van der Waals surface area contributed by atoms with Gasteiger partial charge in [0.2, 0.25) is 5.91 Å². The van der Waals surface area contributed by atoms with E-state index in [0.717, 1.165) is 29.1 Å². The van der Waals surface area contributed by atoms with Gasteiger partial charge in [0.15, 0.2) is 0 Å². The summed E-state index contributed by atoms with van der Waals surface area (Å²) in [5.41, 5.74) is 3.28. The zero-order chi connectivity index (χ0) is 17.0. The summed E-state index contributed by atoms with van der Waals surface area (Å²) in [5, 5.41) is 3.18. The van der Waals surface area contributed by atoms with Crippen molar-refractivity contribution >= 4 is 28.6 Å². The van der Waals surface area contributed by atoms with E-state index in [-0.39, 0.29) is 11.1 Å². The van der Waals surface area contributed by atoms with Gasteiger partial charge in [0.25, 0.3) is 5.24 Å². The van der Waals surface area contributed by atoms with Crippen molar-refractivity contribution in [3.8, 4) is 0 Å². The van der Waals surface area contributed by atoms with Crippen molar-refractivity contribution in [2.24, 2.45) is 0 Å². The third kappa shape index (κ3) is 4.50. The van der Waals surface area contributed by atoms with E-state index >= 15 is 0 Å². The summed E-state index contributed by atoms with van der Waals surface area (Å²) >= 11 is 1.33. The molecule has 0 spiro atoms. The number of thioether (sulfide) groups is 1. The molecule has 1 fully saturated rings. The van der Waals surface area contributed by atoms with Crippen molar-refractivity contribution < 1.29 is 9.59 Å². The molecule has 0 saturated carbocycles. The SMILES string of the molecule is CC(C)c1cccc(C(C)C)c1NC(=O)CCN1CCSC1=O. The Balaban J connectivity index is 2.08. The van der Waals surface area contributed by atoms with Crippen molar-refractivity contribution in [2.45, 2.75) is 46.0 Å². The topological polar surface area (TPSA) is 49.4 Å². The first-order valence-corrected chi connectivity index (χ1v) is 9.23. The highest BCUT2D eigenvalue weighted by Crippen LogP contribution is 2.32. The Hall–Kier alpha value is -1.49. The van der Waals surface area contributed by atoms with Crippen LogP contribution in [0.3, 0.4) is 0 Å². The van der Waals surface area contributed by atoms with E-state index < -0.39 is 0 Å². The minimum absolute atomic E-state index is 0.0234. The minimum Gasteiger partial charge on any atom is -0.332 e. The van der Waals surface area contributed by atoms with Crippen LogP contribution >= 0.6 is 11.8 Å². The molecule has 0 unspecified atom stereocenters. The van der Waals surface area contributed by atoms with Crippen molar-refractivity contribution in [1.29, 1.82) is 0 Å². The molecular formula is C18H26N2O2S. The monoisotopic (exact) mass is 334 g/mol. The summed E-state index contributed by atoms with van der Waals surface area (Å²) in [6.07, 6.45) is 0.344. The number of rotatable bonds is 6. The molecule has 4 nitrogen and oxygen atoms in total. The Kier molecular flexibility index (Phi) is 6.10. The molecule has 1 aliphatic rings. The summed E-state index contributed by atoms with van der Waals surface area (Å²) in [7, 11) is 0. The largest absolute Gasteiger partial charge is 0.332 e. The minimum atomic E-state index is -0.0234. The third-order valence-corrected chi connectivity index (χ3v) is 4.98. The number of anilines is 1. The van der Waals surface area contributed by atoms with Crippen molar-refractivity contribution in [1.82, 2.24) is 4.90 Å². The first kappa shape index (κ1) is 17.9. The van der Waals surface area contributed by atoms with Crippen LogP contribution in [0, 0.1) is 0 Å². The Morgan fingerprint density at radius 2 is 1.83 bits per heavy atom. The van der Waals surface area contributed by atoms with Gasteiger partial charge in [0.05, 0.1) is 0 Å². The van der Waals surface area contributed by atoms with Gasteiger partial charge >= 0.3 is 0 Å². The predicted octanol–water partition coefficient (Wildman–Crippen LogP) is 4.43. The lowest BCUT2D eigenvalue weighted by Crippen LogP contribution is -2.28. The summed E-state index contributed by atoms with van der Waals surface area (Å²) < 4.78 is 0. The van der Waals surface area contributed by atoms with Crippen molar-refractivity contribution in [2.75, 3.05) is 24.2 Å². The second kappa shape index (κ2) is 7.86. The fourth-order valence-corrected chi connectivity index (χ4v) is 3.61. The molecule has 1 N–H and O–H groups in total. The third-order valence-electron chi connectivity index (χ3n) is 4.09. The van der Waals surface area contributed by atoms with Gasteiger partial charge in [-0.3, -0.25) is 9.59 Å². The number of hydrogen-bond donors (Lipinski definition) is 1. The van der Waals surface area contributed by atoms with Gasteiger partial charge in [-0.05, 0) is 23.0 Å². The van der Waals surface area contributed by atoms with Crippen LogP contribution in [0.15, 0.2) is 18.2 Å². The normalized spacial score (nSPS) is 14.9. The van der Waals surface area contributed by atoms with Gasteiger partial charge in [-0.2, -0.15) is 0 Å². The van der Waals surface area contributed by atoms with Gasteiger partial charge < -0.3 is 10.2 Å². The molecule has 1 aliphatic heterocycles. The number of amides is 2. The van der Waals surface area contributed by atoms with Crippen LogP contribution in [0.1, 0.15) is 57.1 Å². The molecule has 0 aliphatic carbocycles. The fraction of sp³-hybridized carbons (Fsp3) is 0.556. The number of nitrogens with zero attached hydrogens (tertiary/aromatic N) is 1. The zero-order valence-corrected chi connectivity index (χ0v) is 15.2. The first-order chi connectivity index (χ1) is 10.9. The lowest BCUT2D eigenvalue weighted by atomic mass is 9.92. The Morgan fingerprint density at radius 3 is 2.30 bits per heavy atom. The number of nitrogens with one attached hydrogen (secondary N) is 1. The summed E-state index contributed by atoms with van der Waals surface area (Å²) in [6.45, 7) is 9.78. The van der Waals surface area contributed by atoms with Crippen molar-refractivity contribution in [3.05, 3.63) is 29.3 Å². The maximum absolute atomic E-state index is 12.4. The molecule has 2 rings (SSSR count). The van der Waals surface area contributed by atoms with E-state index in [1.165, 1.54) is 11.8 Å². The molecule has 5 heteroatoms. The molecule has 0 bridgehead atoms. The number of carbonyl (C=O) groups excluding carboxylic acids is 2. The highest BCUT2D eigenvalue weighted by atomic mass is 32.2. The van der Waals surface area contributed by atoms with Crippen LogP contribution in [0.25, 0.3) is 0 Å². The zero-order valence-electron chi connectivity index (χ0n) is 14.4. The molecule has 1 heterocycles. The number of para-hydroxylation sites is 1. The van der Waals surface area contributed by atoms with Gasteiger partial charge in [0.1, 0.15) is 0 Å². The average Bonchev–Trinajstić information content (AvgIpc) is 2.90. The smallest absolute Gasteiger partial charge is 0.281 e. The quantitative estimate of drug-likeness (QED) is 0.837. The Morgan fingerprint density at radius 1 is 1.22 bits per heavy atom.